The first-order chi connectivity index (χ1) is 8.51. The van der Waals surface area contributed by atoms with Crippen molar-refractivity contribution in [1.82, 2.24) is 9.55 Å². The number of para-hydroxylation sites is 2. The van der Waals surface area contributed by atoms with Gasteiger partial charge in [-0.1, -0.05) is 12.1 Å². The van der Waals surface area contributed by atoms with Gasteiger partial charge in [-0.2, -0.15) is 5.26 Å². The lowest BCUT2D eigenvalue weighted by atomic mass is 10.3. The fourth-order valence-corrected chi connectivity index (χ4v) is 2.35. The number of imidazole rings is 1. The molecular weight excluding hydrogens is 250 g/mol. The Morgan fingerprint density at radius 2 is 2.11 bits per heavy atom. The van der Waals surface area contributed by atoms with Crippen LogP contribution in [0.25, 0.3) is 11.0 Å². The van der Waals surface area contributed by atoms with Crippen molar-refractivity contribution in [3.05, 3.63) is 30.1 Å². The van der Waals surface area contributed by atoms with Gasteiger partial charge >= 0.3 is 0 Å². The number of sulfone groups is 1. The van der Waals surface area contributed by atoms with Crippen LogP contribution in [0.15, 0.2) is 24.3 Å². The van der Waals surface area contributed by atoms with E-state index < -0.39 is 9.84 Å². The second kappa shape index (κ2) is 4.78. The predicted octanol–water partition coefficient (Wildman–Crippen LogP) is 1.15. The molecule has 18 heavy (non-hydrogen) atoms. The van der Waals surface area contributed by atoms with E-state index in [9.17, 15) is 8.42 Å². The van der Waals surface area contributed by atoms with E-state index in [1.807, 2.05) is 30.3 Å². The van der Waals surface area contributed by atoms with Gasteiger partial charge in [-0.15, -0.1) is 0 Å². The first-order valence-electron chi connectivity index (χ1n) is 5.50. The third-order valence-electron chi connectivity index (χ3n) is 2.66. The van der Waals surface area contributed by atoms with Crippen LogP contribution < -0.4 is 0 Å². The van der Waals surface area contributed by atoms with Gasteiger partial charge in [-0.3, -0.25) is 0 Å². The summed E-state index contributed by atoms with van der Waals surface area (Å²) in [5.41, 5.74) is 1.66. The van der Waals surface area contributed by atoms with Crippen molar-refractivity contribution in [3.63, 3.8) is 0 Å². The number of hydrogen-bond acceptors (Lipinski definition) is 4. The van der Waals surface area contributed by atoms with Crippen LogP contribution in [0.2, 0.25) is 0 Å². The van der Waals surface area contributed by atoms with Gasteiger partial charge < -0.3 is 4.57 Å². The van der Waals surface area contributed by atoms with E-state index in [4.69, 9.17) is 5.26 Å². The molecule has 1 aromatic heterocycles. The minimum Gasteiger partial charge on any atom is -0.326 e. The molecule has 2 aromatic rings. The summed E-state index contributed by atoms with van der Waals surface area (Å²) in [4.78, 5) is 4.35. The second-order valence-corrected chi connectivity index (χ2v) is 6.39. The third kappa shape index (κ3) is 2.68. The Morgan fingerprint density at radius 3 is 2.78 bits per heavy atom. The zero-order valence-corrected chi connectivity index (χ0v) is 10.8. The van der Waals surface area contributed by atoms with Crippen molar-refractivity contribution in [2.75, 3.05) is 12.0 Å². The van der Waals surface area contributed by atoms with Crippen molar-refractivity contribution in [3.8, 4) is 6.07 Å². The van der Waals surface area contributed by atoms with Gasteiger partial charge in [0.15, 0.2) is 0 Å². The molecule has 0 atom stereocenters. The molecule has 5 nitrogen and oxygen atoms in total. The SMILES string of the molecule is CS(=O)(=O)CCn1c(CC#N)nc2ccccc21. The molecule has 0 amide bonds. The normalized spacial score (nSPS) is 11.6. The van der Waals surface area contributed by atoms with Crippen LogP contribution in [0, 0.1) is 11.3 Å². The Kier molecular flexibility index (Phi) is 3.34. The molecule has 1 heterocycles. The number of benzene rings is 1. The lowest BCUT2D eigenvalue weighted by molar-refractivity contribution is 0.594. The fourth-order valence-electron chi connectivity index (χ4n) is 1.84. The molecule has 0 fully saturated rings. The number of fused-ring (bicyclic) bond motifs is 1. The van der Waals surface area contributed by atoms with Crippen LogP contribution in [0.1, 0.15) is 5.82 Å². The predicted molar refractivity (Wildman–Crippen MR) is 68.8 cm³/mol. The average Bonchev–Trinajstić information content (AvgIpc) is 2.63. The highest BCUT2D eigenvalue weighted by Crippen LogP contribution is 2.16. The van der Waals surface area contributed by atoms with E-state index in [1.54, 1.807) is 4.57 Å². The topological polar surface area (TPSA) is 75.8 Å². The largest absolute Gasteiger partial charge is 0.326 e. The van der Waals surface area contributed by atoms with Crippen LogP contribution in [0.3, 0.4) is 0 Å². The summed E-state index contributed by atoms with van der Waals surface area (Å²) in [6, 6.07) is 9.52. The molecule has 0 aliphatic heterocycles. The van der Waals surface area contributed by atoms with Crippen LogP contribution in [-0.2, 0) is 22.8 Å². The van der Waals surface area contributed by atoms with E-state index in [0.29, 0.717) is 12.4 Å². The molecule has 0 aliphatic carbocycles. The molecule has 0 unspecified atom stereocenters. The molecule has 0 spiro atoms. The second-order valence-electron chi connectivity index (χ2n) is 4.13. The van der Waals surface area contributed by atoms with Crippen LogP contribution >= 0.6 is 0 Å². The van der Waals surface area contributed by atoms with Gasteiger partial charge in [-0.05, 0) is 12.1 Å². The minimum atomic E-state index is -3.03. The van der Waals surface area contributed by atoms with Crippen molar-refractivity contribution in [2.24, 2.45) is 0 Å². The molecule has 1 aromatic carbocycles. The third-order valence-corrected chi connectivity index (χ3v) is 3.58. The zero-order valence-electron chi connectivity index (χ0n) is 10.00. The smallest absolute Gasteiger partial charge is 0.149 e. The van der Waals surface area contributed by atoms with Crippen LogP contribution in [0.5, 0.6) is 0 Å². The van der Waals surface area contributed by atoms with Crippen LogP contribution in [0.4, 0.5) is 0 Å². The monoisotopic (exact) mass is 263 g/mol. The Hall–Kier alpha value is -1.87. The average molecular weight is 263 g/mol. The maximum atomic E-state index is 11.2. The number of rotatable bonds is 4. The Labute approximate surface area is 106 Å². The van der Waals surface area contributed by atoms with Crippen molar-refractivity contribution < 1.29 is 8.42 Å². The standard InChI is InChI=1S/C12H13N3O2S/c1-18(16,17)9-8-15-11-5-3-2-4-10(11)14-12(15)6-7-13/h2-5H,6,8-9H2,1H3. The van der Waals surface area contributed by atoms with E-state index >= 15 is 0 Å². The number of hydrogen-bond donors (Lipinski definition) is 0. The van der Waals surface area contributed by atoms with Gasteiger partial charge in [-0.25, -0.2) is 13.4 Å². The van der Waals surface area contributed by atoms with E-state index in [1.165, 1.54) is 6.26 Å². The fraction of sp³-hybridized carbons (Fsp3) is 0.333. The summed E-state index contributed by atoms with van der Waals surface area (Å²) in [5, 5.41) is 8.78. The maximum Gasteiger partial charge on any atom is 0.149 e. The highest BCUT2D eigenvalue weighted by molar-refractivity contribution is 7.90. The molecule has 0 saturated heterocycles. The van der Waals surface area contributed by atoms with Gasteiger partial charge in [0, 0.05) is 12.8 Å². The first kappa shape index (κ1) is 12.6. The first-order valence-corrected chi connectivity index (χ1v) is 7.56. The zero-order chi connectivity index (χ0) is 13.2. The molecule has 6 heteroatoms. The number of nitrogens with zero attached hydrogens (tertiary/aromatic N) is 3. The van der Waals surface area contributed by atoms with Gasteiger partial charge in [0.2, 0.25) is 0 Å². The molecule has 2 rings (SSSR count). The molecule has 0 aliphatic rings. The Morgan fingerprint density at radius 1 is 1.39 bits per heavy atom. The molecule has 0 N–H and O–H groups in total. The summed E-state index contributed by atoms with van der Waals surface area (Å²) < 4.78 is 24.3. The molecule has 0 saturated carbocycles. The number of nitriles is 1. The highest BCUT2D eigenvalue weighted by Gasteiger charge is 2.11. The Bertz CT molecular complexity index is 710. The van der Waals surface area contributed by atoms with Crippen molar-refractivity contribution in [1.29, 1.82) is 5.26 Å². The van der Waals surface area contributed by atoms with Gasteiger partial charge in [0.1, 0.15) is 15.7 Å². The number of aryl methyl sites for hydroxylation is 1. The summed E-state index contributed by atoms with van der Waals surface area (Å²) in [6.07, 6.45) is 1.38. The lowest BCUT2D eigenvalue weighted by Gasteiger charge is -2.06. The van der Waals surface area contributed by atoms with Gasteiger partial charge in [0.05, 0.1) is 29.3 Å². The highest BCUT2D eigenvalue weighted by atomic mass is 32.2. The lowest BCUT2D eigenvalue weighted by Crippen LogP contribution is -2.13. The van der Waals surface area contributed by atoms with Gasteiger partial charge in [0.25, 0.3) is 0 Å². The molecule has 0 bridgehead atoms. The van der Waals surface area contributed by atoms with Crippen molar-refractivity contribution >= 4 is 20.9 Å². The molecule has 94 valence electrons. The Balaban J connectivity index is 2.45. The summed E-state index contributed by atoms with van der Waals surface area (Å²) in [5.74, 6) is 0.661. The van der Waals surface area contributed by atoms with E-state index in [-0.39, 0.29) is 12.2 Å². The summed E-state index contributed by atoms with van der Waals surface area (Å²) >= 11 is 0. The molecule has 0 radical (unpaired) electrons. The quantitative estimate of drug-likeness (QED) is 0.829. The van der Waals surface area contributed by atoms with Crippen LogP contribution in [-0.4, -0.2) is 30.0 Å². The molecular formula is C12H13N3O2S. The van der Waals surface area contributed by atoms with E-state index in [2.05, 4.69) is 4.98 Å². The minimum absolute atomic E-state index is 0.0474. The van der Waals surface area contributed by atoms with Crippen molar-refractivity contribution in [2.45, 2.75) is 13.0 Å². The summed E-state index contributed by atoms with van der Waals surface area (Å²) in [7, 11) is -3.03. The number of aromatic nitrogens is 2. The van der Waals surface area contributed by atoms with E-state index in [0.717, 1.165) is 11.0 Å². The summed E-state index contributed by atoms with van der Waals surface area (Å²) in [6.45, 7) is 0.330. The maximum absolute atomic E-state index is 11.2.